The highest BCUT2D eigenvalue weighted by Crippen LogP contribution is 2.30. The third-order valence-electron chi connectivity index (χ3n) is 2.73. The Balaban J connectivity index is 2.23. The molecule has 0 saturated heterocycles. The number of hydrogen-bond acceptors (Lipinski definition) is 4. The number of nitrogens with two attached hydrogens (primary N) is 1. The van der Waals surface area contributed by atoms with Crippen LogP contribution in [0.3, 0.4) is 0 Å². The summed E-state index contributed by atoms with van der Waals surface area (Å²) >= 11 is 1.61. The van der Waals surface area contributed by atoms with Crippen LogP contribution in [0.15, 0.2) is 29.0 Å². The molecule has 2 aromatic rings. The number of hydrogen-bond donors (Lipinski definition) is 2. The van der Waals surface area contributed by atoms with Gasteiger partial charge in [-0.05, 0) is 29.3 Å². The molecule has 5 heteroatoms. The van der Waals surface area contributed by atoms with E-state index in [4.69, 9.17) is 10.5 Å². The predicted molar refractivity (Wildman–Crippen MR) is 73.7 cm³/mol. The van der Waals surface area contributed by atoms with Crippen LogP contribution in [-0.2, 0) is 0 Å². The van der Waals surface area contributed by atoms with E-state index in [1.807, 2.05) is 23.8 Å². The van der Waals surface area contributed by atoms with Crippen molar-refractivity contribution in [2.75, 3.05) is 18.2 Å². The summed E-state index contributed by atoms with van der Waals surface area (Å²) in [5.41, 5.74) is 7.44. The van der Waals surface area contributed by atoms with Gasteiger partial charge in [-0.1, -0.05) is 0 Å². The van der Waals surface area contributed by atoms with E-state index in [9.17, 15) is 4.39 Å². The molecule has 0 aliphatic carbocycles. The zero-order chi connectivity index (χ0) is 13.1. The standard InChI is InChI=1S/C13H15FN2OS/c1-8(9-3-4-18-7-9)16-12-6-13(17-2)11(15)5-10(12)14/h3-8,16H,15H2,1-2H3. The van der Waals surface area contributed by atoms with E-state index in [-0.39, 0.29) is 11.9 Å². The molecule has 0 bridgehead atoms. The average Bonchev–Trinajstić information content (AvgIpc) is 2.86. The first kappa shape index (κ1) is 12.7. The molecule has 3 nitrogen and oxygen atoms in total. The molecule has 1 aromatic heterocycles. The second-order valence-corrected chi connectivity index (χ2v) is 4.78. The Morgan fingerprint density at radius 2 is 2.22 bits per heavy atom. The molecule has 0 radical (unpaired) electrons. The van der Waals surface area contributed by atoms with Gasteiger partial charge in [0.1, 0.15) is 11.6 Å². The molecule has 0 fully saturated rings. The zero-order valence-electron chi connectivity index (χ0n) is 10.2. The number of rotatable bonds is 4. The molecule has 0 aliphatic heterocycles. The Hall–Kier alpha value is -1.75. The van der Waals surface area contributed by atoms with Crippen LogP contribution in [0.2, 0.25) is 0 Å². The molecule has 0 aliphatic rings. The number of thiophene rings is 1. The molecule has 96 valence electrons. The fourth-order valence-electron chi connectivity index (χ4n) is 1.69. The summed E-state index contributed by atoms with van der Waals surface area (Å²) in [6, 6.07) is 4.88. The topological polar surface area (TPSA) is 47.3 Å². The van der Waals surface area contributed by atoms with Crippen LogP contribution in [0, 0.1) is 5.82 Å². The Bertz CT molecular complexity index is 528. The van der Waals surface area contributed by atoms with Crippen LogP contribution in [-0.4, -0.2) is 7.11 Å². The largest absolute Gasteiger partial charge is 0.495 e. The van der Waals surface area contributed by atoms with Crippen molar-refractivity contribution in [3.05, 3.63) is 40.3 Å². The van der Waals surface area contributed by atoms with Crippen molar-refractivity contribution in [2.45, 2.75) is 13.0 Å². The molecular formula is C13H15FN2OS. The fraction of sp³-hybridized carbons (Fsp3) is 0.231. The number of benzene rings is 1. The lowest BCUT2D eigenvalue weighted by Crippen LogP contribution is -2.08. The average molecular weight is 266 g/mol. The number of nitrogens with one attached hydrogen (secondary N) is 1. The van der Waals surface area contributed by atoms with Gasteiger partial charge in [-0.2, -0.15) is 11.3 Å². The number of anilines is 2. The summed E-state index contributed by atoms with van der Waals surface area (Å²) in [6.07, 6.45) is 0. The first-order valence-electron chi connectivity index (χ1n) is 5.53. The second-order valence-electron chi connectivity index (χ2n) is 4.00. The SMILES string of the molecule is COc1cc(NC(C)c2ccsc2)c(F)cc1N. The molecule has 1 atom stereocenters. The molecule has 2 rings (SSSR count). The quantitative estimate of drug-likeness (QED) is 0.830. The monoisotopic (exact) mass is 266 g/mol. The lowest BCUT2D eigenvalue weighted by molar-refractivity contribution is 0.416. The Kier molecular flexibility index (Phi) is 3.72. The highest BCUT2D eigenvalue weighted by atomic mass is 32.1. The molecule has 3 N–H and O–H groups in total. The van der Waals surface area contributed by atoms with Gasteiger partial charge in [0, 0.05) is 18.2 Å². The van der Waals surface area contributed by atoms with Crippen molar-refractivity contribution in [3.8, 4) is 5.75 Å². The van der Waals surface area contributed by atoms with Gasteiger partial charge in [-0.3, -0.25) is 0 Å². The van der Waals surface area contributed by atoms with Gasteiger partial charge in [0.25, 0.3) is 0 Å². The van der Waals surface area contributed by atoms with Crippen LogP contribution >= 0.6 is 11.3 Å². The normalized spacial score (nSPS) is 12.2. The molecule has 1 unspecified atom stereocenters. The number of ether oxygens (including phenoxy) is 1. The fourth-order valence-corrected chi connectivity index (χ4v) is 2.45. The summed E-state index contributed by atoms with van der Waals surface area (Å²) in [5, 5.41) is 7.14. The minimum absolute atomic E-state index is 0.0269. The van der Waals surface area contributed by atoms with E-state index in [2.05, 4.69) is 5.32 Å². The smallest absolute Gasteiger partial charge is 0.148 e. The highest BCUT2D eigenvalue weighted by molar-refractivity contribution is 7.07. The number of halogens is 1. The van der Waals surface area contributed by atoms with E-state index in [0.29, 0.717) is 17.1 Å². The first-order valence-corrected chi connectivity index (χ1v) is 6.47. The maximum Gasteiger partial charge on any atom is 0.148 e. The lowest BCUT2D eigenvalue weighted by atomic mass is 10.1. The predicted octanol–water partition coefficient (Wildman–Crippen LogP) is 3.65. The lowest BCUT2D eigenvalue weighted by Gasteiger charge is -2.16. The van der Waals surface area contributed by atoms with E-state index in [1.165, 1.54) is 13.2 Å². The Labute approximate surface area is 109 Å². The van der Waals surface area contributed by atoms with Gasteiger partial charge < -0.3 is 15.8 Å². The molecular weight excluding hydrogens is 251 g/mol. The second kappa shape index (κ2) is 5.27. The van der Waals surface area contributed by atoms with Gasteiger partial charge in [0.15, 0.2) is 0 Å². The molecule has 1 aromatic carbocycles. The van der Waals surface area contributed by atoms with Gasteiger partial charge in [-0.15, -0.1) is 0 Å². The molecule has 18 heavy (non-hydrogen) atoms. The van der Waals surface area contributed by atoms with Gasteiger partial charge >= 0.3 is 0 Å². The van der Waals surface area contributed by atoms with Crippen molar-refractivity contribution >= 4 is 22.7 Å². The summed E-state index contributed by atoms with van der Waals surface area (Å²) < 4.78 is 18.9. The third kappa shape index (κ3) is 2.56. The van der Waals surface area contributed by atoms with Crippen molar-refractivity contribution in [2.24, 2.45) is 0 Å². The minimum Gasteiger partial charge on any atom is -0.495 e. The maximum absolute atomic E-state index is 13.8. The van der Waals surface area contributed by atoms with Crippen molar-refractivity contribution in [1.29, 1.82) is 0 Å². The maximum atomic E-state index is 13.8. The summed E-state index contributed by atoms with van der Waals surface area (Å²) in [7, 11) is 1.51. The van der Waals surface area contributed by atoms with Crippen LogP contribution in [0.4, 0.5) is 15.8 Å². The Morgan fingerprint density at radius 1 is 1.44 bits per heavy atom. The van der Waals surface area contributed by atoms with Crippen molar-refractivity contribution < 1.29 is 9.13 Å². The third-order valence-corrected chi connectivity index (χ3v) is 3.44. The van der Waals surface area contributed by atoms with Crippen molar-refractivity contribution in [1.82, 2.24) is 0 Å². The summed E-state index contributed by atoms with van der Waals surface area (Å²) in [5.74, 6) is 0.0896. The van der Waals surface area contributed by atoms with E-state index in [1.54, 1.807) is 17.4 Å². The van der Waals surface area contributed by atoms with Crippen molar-refractivity contribution in [3.63, 3.8) is 0 Å². The van der Waals surface area contributed by atoms with Gasteiger partial charge in [-0.25, -0.2) is 4.39 Å². The summed E-state index contributed by atoms with van der Waals surface area (Å²) in [6.45, 7) is 1.98. The molecule has 1 heterocycles. The first-order chi connectivity index (χ1) is 8.61. The van der Waals surface area contributed by atoms with E-state index < -0.39 is 0 Å². The summed E-state index contributed by atoms with van der Waals surface area (Å²) in [4.78, 5) is 0. The van der Waals surface area contributed by atoms with Crippen LogP contribution < -0.4 is 15.8 Å². The zero-order valence-corrected chi connectivity index (χ0v) is 11.1. The van der Waals surface area contributed by atoms with Crippen LogP contribution in [0.5, 0.6) is 5.75 Å². The van der Waals surface area contributed by atoms with Crippen LogP contribution in [0.1, 0.15) is 18.5 Å². The Morgan fingerprint density at radius 3 is 2.83 bits per heavy atom. The minimum atomic E-state index is -0.379. The molecule has 0 saturated carbocycles. The molecule has 0 amide bonds. The van der Waals surface area contributed by atoms with Crippen LogP contribution in [0.25, 0.3) is 0 Å². The van der Waals surface area contributed by atoms with E-state index in [0.717, 1.165) is 5.56 Å². The van der Waals surface area contributed by atoms with Gasteiger partial charge in [0.05, 0.1) is 18.5 Å². The highest BCUT2D eigenvalue weighted by Gasteiger charge is 2.12. The number of methoxy groups -OCH3 is 1. The van der Waals surface area contributed by atoms with E-state index >= 15 is 0 Å². The number of nitrogen functional groups attached to an aromatic ring is 1. The molecule has 0 spiro atoms. The van der Waals surface area contributed by atoms with Gasteiger partial charge in [0.2, 0.25) is 0 Å².